The van der Waals surface area contributed by atoms with Crippen molar-refractivity contribution in [2.45, 2.75) is 64.9 Å². The fourth-order valence-electron chi connectivity index (χ4n) is 4.31. The number of anilines is 1. The first-order valence-corrected chi connectivity index (χ1v) is 14.0. The standard InChI is InChI=1S/C28H34ClFN4O5S/c1-15-21(30)19(23(35)32-33-25(37)27(2,3)4)11-20-22(15)40-14-17(12-28(5,6)31-26(38)39)24(36)34(20)13-16-7-9-18(29)10-8-16/h7-11,17,31H,12-14H2,1-6H3,(H,32,35)(H,33,37)(H,38,39)/t17-/m0/s1. The Morgan fingerprint density at radius 2 is 1.75 bits per heavy atom. The molecule has 1 heterocycles. The monoisotopic (exact) mass is 592 g/mol. The van der Waals surface area contributed by atoms with Gasteiger partial charge in [0.15, 0.2) is 0 Å². The van der Waals surface area contributed by atoms with Crippen molar-refractivity contribution >= 4 is 52.9 Å². The van der Waals surface area contributed by atoms with E-state index in [0.717, 1.165) is 5.56 Å². The molecule has 12 heteroatoms. The van der Waals surface area contributed by atoms with Gasteiger partial charge in [-0.05, 0) is 51.0 Å². The van der Waals surface area contributed by atoms with Gasteiger partial charge in [-0.2, -0.15) is 0 Å². The van der Waals surface area contributed by atoms with Crippen molar-refractivity contribution in [3.8, 4) is 0 Å². The van der Waals surface area contributed by atoms with Crippen LogP contribution < -0.4 is 21.1 Å². The number of thioether (sulfide) groups is 1. The number of nitrogens with zero attached hydrogens (tertiary/aromatic N) is 1. The van der Waals surface area contributed by atoms with E-state index in [4.69, 9.17) is 11.6 Å². The number of amides is 4. The molecule has 0 radical (unpaired) electrons. The minimum Gasteiger partial charge on any atom is -0.465 e. The van der Waals surface area contributed by atoms with Gasteiger partial charge in [-0.3, -0.25) is 25.2 Å². The molecule has 9 nitrogen and oxygen atoms in total. The smallest absolute Gasteiger partial charge is 0.405 e. The number of hydrogen-bond donors (Lipinski definition) is 4. The van der Waals surface area contributed by atoms with Crippen LogP contribution in [0.4, 0.5) is 14.9 Å². The van der Waals surface area contributed by atoms with Crippen LogP contribution in [-0.2, 0) is 16.1 Å². The number of nitrogens with one attached hydrogen (secondary N) is 3. The number of hydrazine groups is 1. The molecule has 40 heavy (non-hydrogen) atoms. The van der Waals surface area contributed by atoms with Crippen LogP contribution in [-0.4, -0.2) is 40.2 Å². The predicted octanol–water partition coefficient (Wildman–Crippen LogP) is 5.29. The average Bonchev–Trinajstić information content (AvgIpc) is 2.96. The summed E-state index contributed by atoms with van der Waals surface area (Å²) in [4.78, 5) is 52.6. The zero-order valence-electron chi connectivity index (χ0n) is 23.3. The molecule has 0 fully saturated rings. The van der Waals surface area contributed by atoms with Crippen LogP contribution in [0.2, 0.25) is 5.02 Å². The van der Waals surface area contributed by atoms with Crippen LogP contribution in [0, 0.1) is 24.1 Å². The van der Waals surface area contributed by atoms with Gasteiger partial charge in [0.2, 0.25) is 11.8 Å². The number of hydrogen-bond acceptors (Lipinski definition) is 5. The number of benzene rings is 2. The van der Waals surface area contributed by atoms with E-state index in [0.29, 0.717) is 15.6 Å². The fraction of sp³-hybridized carbons (Fsp3) is 0.429. The summed E-state index contributed by atoms with van der Waals surface area (Å²) in [5.74, 6) is -2.71. The van der Waals surface area contributed by atoms with E-state index in [1.165, 1.54) is 29.7 Å². The van der Waals surface area contributed by atoms with Crippen molar-refractivity contribution in [3.63, 3.8) is 0 Å². The van der Waals surface area contributed by atoms with Gasteiger partial charge in [-0.25, -0.2) is 9.18 Å². The largest absolute Gasteiger partial charge is 0.465 e. The van der Waals surface area contributed by atoms with Gasteiger partial charge in [-0.15, -0.1) is 11.8 Å². The van der Waals surface area contributed by atoms with Crippen LogP contribution in [0.1, 0.15) is 62.5 Å². The summed E-state index contributed by atoms with van der Waals surface area (Å²) in [6, 6.07) is 8.24. The third kappa shape index (κ3) is 7.45. The Labute approximate surface area is 242 Å². The molecule has 0 saturated carbocycles. The van der Waals surface area contributed by atoms with Crippen molar-refractivity contribution < 1.29 is 28.7 Å². The van der Waals surface area contributed by atoms with Crippen LogP contribution in [0.15, 0.2) is 35.2 Å². The number of fused-ring (bicyclic) bond motifs is 1. The lowest BCUT2D eigenvalue weighted by Gasteiger charge is -2.31. The second-order valence-corrected chi connectivity index (χ2v) is 12.9. The number of halogens is 2. The minimum atomic E-state index is -1.20. The molecule has 0 unspecified atom stereocenters. The molecule has 2 aromatic rings. The van der Waals surface area contributed by atoms with E-state index in [-0.39, 0.29) is 35.8 Å². The second kappa shape index (κ2) is 12.1. The first-order chi connectivity index (χ1) is 18.5. The quantitative estimate of drug-likeness (QED) is 0.338. The van der Waals surface area contributed by atoms with E-state index in [1.807, 2.05) is 0 Å². The van der Waals surface area contributed by atoms with Crippen LogP contribution in [0.5, 0.6) is 0 Å². The fourth-order valence-corrected chi connectivity index (χ4v) is 5.69. The molecule has 2 aromatic carbocycles. The highest BCUT2D eigenvalue weighted by molar-refractivity contribution is 7.99. The molecule has 0 spiro atoms. The highest BCUT2D eigenvalue weighted by Gasteiger charge is 2.37. The van der Waals surface area contributed by atoms with E-state index in [2.05, 4.69) is 16.2 Å². The third-order valence-corrected chi connectivity index (χ3v) is 8.05. The van der Waals surface area contributed by atoms with Gasteiger partial charge in [0, 0.05) is 32.2 Å². The van der Waals surface area contributed by atoms with Gasteiger partial charge in [-0.1, -0.05) is 44.5 Å². The Hall–Kier alpha value is -3.31. The van der Waals surface area contributed by atoms with Crippen LogP contribution in [0.3, 0.4) is 0 Å². The highest BCUT2D eigenvalue weighted by atomic mass is 35.5. The van der Waals surface area contributed by atoms with Gasteiger partial charge in [0.25, 0.3) is 5.91 Å². The summed E-state index contributed by atoms with van der Waals surface area (Å²) < 4.78 is 15.6. The van der Waals surface area contributed by atoms with Gasteiger partial charge in [0.05, 0.1) is 23.7 Å². The lowest BCUT2D eigenvalue weighted by atomic mass is 9.90. The molecular formula is C28H34ClFN4O5S. The molecule has 1 aliphatic heterocycles. The summed E-state index contributed by atoms with van der Waals surface area (Å²) in [6.07, 6.45) is -1.00. The summed E-state index contributed by atoms with van der Waals surface area (Å²) in [5.41, 5.74) is 3.85. The Kier molecular flexibility index (Phi) is 9.41. The topological polar surface area (TPSA) is 128 Å². The van der Waals surface area contributed by atoms with E-state index in [9.17, 15) is 24.3 Å². The lowest BCUT2D eigenvalue weighted by Crippen LogP contribution is -2.47. The molecule has 0 aliphatic carbocycles. The maximum Gasteiger partial charge on any atom is 0.405 e. The summed E-state index contributed by atoms with van der Waals surface area (Å²) >= 11 is 7.33. The summed E-state index contributed by atoms with van der Waals surface area (Å²) in [7, 11) is 0. The molecule has 0 aromatic heterocycles. The first-order valence-electron chi connectivity index (χ1n) is 12.6. The Morgan fingerprint density at radius 3 is 2.33 bits per heavy atom. The van der Waals surface area contributed by atoms with Gasteiger partial charge in [0.1, 0.15) is 5.82 Å². The zero-order valence-corrected chi connectivity index (χ0v) is 24.8. The third-order valence-electron chi connectivity index (χ3n) is 6.43. The van der Waals surface area contributed by atoms with Crippen molar-refractivity contribution in [2.24, 2.45) is 11.3 Å². The second-order valence-electron chi connectivity index (χ2n) is 11.4. The first kappa shape index (κ1) is 31.2. The molecule has 1 atom stereocenters. The molecule has 4 N–H and O–H groups in total. The van der Waals surface area contributed by atoms with Crippen LogP contribution >= 0.6 is 23.4 Å². The number of carbonyl (C=O) groups is 4. The van der Waals surface area contributed by atoms with Crippen LogP contribution in [0.25, 0.3) is 0 Å². The number of rotatable bonds is 6. The molecule has 216 valence electrons. The molecule has 1 aliphatic rings. The molecule has 0 bridgehead atoms. The SMILES string of the molecule is Cc1c(F)c(C(=O)NNC(=O)C(C)(C)C)cc2c1SC[C@H](CC(C)(C)NC(=O)O)C(=O)N2Cc1ccc(Cl)cc1. The predicted molar refractivity (Wildman–Crippen MR) is 153 cm³/mol. The Bertz CT molecular complexity index is 1330. The van der Waals surface area contributed by atoms with Gasteiger partial charge >= 0.3 is 6.09 Å². The number of carbonyl (C=O) groups excluding carboxylic acids is 3. The van der Waals surface area contributed by atoms with Gasteiger partial charge < -0.3 is 15.3 Å². The van der Waals surface area contributed by atoms with E-state index in [1.54, 1.807) is 58.9 Å². The molecule has 4 amide bonds. The van der Waals surface area contributed by atoms with Crippen molar-refractivity contribution in [1.82, 2.24) is 16.2 Å². The summed E-state index contributed by atoms with van der Waals surface area (Å²) in [5, 5.41) is 12.2. The van der Waals surface area contributed by atoms with E-state index >= 15 is 4.39 Å². The molecular weight excluding hydrogens is 559 g/mol. The van der Waals surface area contributed by atoms with Crippen molar-refractivity contribution in [3.05, 3.63) is 57.9 Å². The summed E-state index contributed by atoms with van der Waals surface area (Å²) in [6.45, 7) is 10.0. The zero-order chi connectivity index (χ0) is 30.0. The van der Waals surface area contributed by atoms with Crippen molar-refractivity contribution in [1.29, 1.82) is 0 Å². The Balaban J connectivity index is 2.05. The maximum absolute atomic E-state index is 15.6. The lowest BCUT2D eigenvalue weighted by molar-refractivity contribution is -0.129. The normalized spacial score (nSPS) is 15.7. The minimum absolute atomic E-state index is 0.111. The number of carboxylic acid groups (broad SMARTS) is 1. The average molecular weight is 593 g/mol. The Morgan fingerprint density at radius 1 is 1.12 bits per heavy atom. The highest BCUT2D eigenvalue weighted by Crippen LogP contribution is 2.42. The molecule has 0 saturated heterocycles. The maximum atomic E-state index is 15.6. The van der Waals surface area contributed by atoms with Crippen molar-refractivity contribution in [2.75, 3.05) is 10.7 Å². The van der Waals surface area contributed by atoms with E-state index < -0.39 is 40.6 Å². The molecule has 3 rings (SSSR count).